The van der Waals surface area contributed by atoms with Crippen LogP contribution in [0.25, 0.3) is 11.5 Å². The van der Waals surface area contributed by atoms with E-state index in [1.807, 2.05) is 0 Å². The van der Waals surface area contributed by atoms with Crippen molar-refractivity contribution in [2.45, 2.75) is 45.2 Å². The van der Waals surface area contributed by atoms with Gasteiger partial charge in [-0.25, -0.2) is 18.7 Å². The maximum absolute atomic E-state index is 13.6. The summed E-state index contributed by atoms with van der Waals surface area (Å²) in [6.45, 7) is 6.49. The molecule has 1 saturated heterocycles. The van der Waals surface area contributed by atoms with Gasteiger partial charge in [0.2, 0.25) is 5.89 Å². The van der Waals surface area contributed by atoms with Crippen LogP contribution in [0.15, 0.2) is 35.2 Å². The van der Waals surface area contributed by atoms with Crippen molar-refractivity contribution >= 4 is 17.4 Å². The largest absolute Gasteiger partial charge is 0.444 e. The number of hydrogen-bond acceptors (Lipinski definition) is 7. The third-order valence-electron chi connectivity index (χ3n) is 6.22. The van der Waals surface area contributed by atoms with Crippen LogP contribution in [0.2, 0.25) is 0 Å². The number of amides is 1. The SMILES string of the molecule is CC(C)N1CC(n2cc(NC(=O)c3coc(-c4ccnc(NCC5CC5)c4)n3)c(C(F)F)n2)C1.[HH]. The minimum atomic E-state index is -2.82. The molecular formula is C23H29F2N7O2. The highest BCUT2D eigenvalue weighted by molar-refractivity contribution is 6.03. The van der Waals surface area contributed by atoms with Crippen LogP contribution >= 0.6 is 0 Å². The molecule has 5 rings (SSSR count). The third kappa shape index (κ3) is 4.79. The van der Waals surface area contributed by atoms with Gasteiger partial charge in [0.1, 0.15) is 12.1 Å². The number of anilines is 2. The Hall–Kier alpha value is -3.34. The van der Waals surface area contributed by atoms with Crippen LogP contribution in [-0.2, 0) is 0 Å². The van der Waals surface area contributed by atoms with Gasteiger partial charge in [0, 0.05) is 45.1 Å². The fraction of sp³-hybridized carbons (Fsp3) is 0.478. The zero-order chi connectivity index (χ0) is 23.8. The Balaban J connectivity index is 0.00000289. The maximum atomic E-state index is 13.6. The first-order chi connectivity index (χ1) is 16.4. The molecule has 1 amide bonds. The van der Waals surface area contributed by atoms with Gasteiger partial charge in [-0.2, -0.15) is 5.10 Å². The summed E-state index contributed by atoms with van der Waals surface area (Å²) in [4.78, 5) is 23.5. The smallest absolute Gasteiger partial charge is 0.284 e. The molecule has 1 saturated carbocycles. The lowest BCUT2D eigenvalue weighted by Gasteiger charge is -2.41. The highest BCUT2D eigenvalue weighted by atomic mass is 19.3. The zero-order valence-electron chi connectivity index (χ0n) is 19.0. The molecular weight excluding hydrogens is 444 g/mol. The molecule has 4 heterocycles. The summed E-state index contributed by atoms with van der Waals surface area (Å²) < 4.78 is 34.2. The van der Waals surface area contributed by atoms with Crippen molar-refractivity contribution in [3.8, 4) is 11.5 Å². The summed E-state index contributed by atoms with van der Waals surface area (Å²) in [7, 11) is 0. The third-order valence-corrected chi connectivity index (χ3v) is 6.22. The van der Waals surface area contributed by atoms with Gasteiger partial charge in [0.15, 0.2) is 11.4 Å². The van der Waals surface area contributed by atoms with Crippen molar-refractivity contribution in [3.05, 3.63) is 42.2 Å². The normalized spacial score (nSPS) is 16.8. The van der Waals surface area contributed by atoms with Crippen LogP contribution in [0.4, 0.5) is 20.3 Å². The molecule has 11 heteroatoms. The Morgan fingerprint density at radius 3 is 2.82 bits per heavy atom. The summed E-state index contributed by atoms with van der Waals surface area (Å²) in [5, 5.41) is 9.84. The van der Waals surface area contributed by atoms with Gasteiger partial charge in [-0.3, -0.25) is 14.4 Å². The second kappa shape index (κ2) is 9.13. The van der Waals surface area contributed by atoms with E-state index in [0.29, 0.717) is 23.3 Å². The van der Waals surface area contributed by atoms with Gasteiger partial charge in [-0.1, -0.05) is 0 Å². The van der Waals surface area contributed by atoms with Crippen molar-refractivity contribution in [3.63, 3.8) is 0 Å². The Labute approximate surface area is 197 Å². The van der Waals surface area contributed by atoms with Gasteiger partial charge in [0.05, 0.1) is 11.7 Å². The number of alkyl halides is 2. The first-order valence-corrected chi connectivity index (χ1v) is 11.5. The maximum Gasteiger partial charge on any atom is 0.284 e. The molecule has 3 aromatic heterocycles. The minimum Gasteiger partial charge on any atom is -0.444 e. The second-order valence-corrected chi connectivity index (χ2v) is 9.16. The molecule has 0 unspecified atom stereocenters. The Morgan fingerprint density at radius 2 is 2.12 bits per heavy atom. The summed E-state index contributed by atoms with van der Waals surface area (Å²) in [5.74, 6) is 1.00. The molecule has 34 heavy (non-hydrogen) atoms. The number of carbonyl (C=O) groups is 1. The van der Waals surface area contributed by atoms with E-state index in [9.17, 15) is 13.6 Å². The van der Waals surface area contributed by atoms with Crippen LogP contribution in [-0.4, -0.2) is 56.2 Å². The fourth-order valence-electron chi connectivity index (χ4n) is 3.86. The minimum absolute atomic E-state index is 0. The monoisotopic (exact) mass is 473 g/mol. The van der Waals surface area contributed by atoms with Crippen LogP contribution in [0.5, 0.6) is 0 Å². The van der Waals surface area contributed by atoms with E-state index in [1.54, 1.807) is 18.3 Å². The van der Waals surface area contributed by atoms with E-state index in [-0.39, 0.29) is 24.7 Å². The van der Waals surface area contributed by atoms with Crippen molar-refractivity contribution in [2.24, 2.45) is 5.92 Å². The highest BCUT2D eigenvalue weighted by Crippen LogP contribution is 2.31. The van der Waals surface area contributed by atoms with Gasteiger partial charge in [-0.15, -0.1) is 0 Å². The molecule has 0 radical (unpaired) electrons. The van der Waals surface area contributed by atoms with E-state index >= 15 is 0 Å². The number of likely N-dealkylation sites (tertiary alicyclic amines) is 1. The number of rotatable bonds is 9. The molecule has 1 aliphatic carbocycles. The summed E-state index contributed by atoms with van der Waals surface area (Å²) in [6, 6.07) is 3.91. The number of aromatic nitrogens is 4. The number of halogens is 2. The Morgan fingerprint density at radius 1 is 1.32 bits per heavy atom. The lowest BCUT2D eigenvalue weighted by Crippen LogP contribution is -2.51. The van der Waals surface area contributed by atoms with E-state index in [2.05, 4.69) is 44.4 Å². The molecule has 2 aliphatic rings. The van der Waals surface area contributed by atoms with Crippen molar-refractivity contribution in [1.82, 2.24) is 24.6 Å². The first-order valence-electron chi connectivity index (χ1n) is 11.5. The predicted octanol–water partition coefficient (Wildman–Crippen LogP) is 4.46. The average molecular weight is 474 g/mol. The molecule has 3 aromatic rings. The number of hydrogen-bond donors (Lipinski definition) is 2. The average Bonchev–Trinajstić information content (AvgIpc) is 3.29. The van der Waals surface area contributed by atoms with Crippen LogP contribution in [0.3, 0.4) is 0 Å². The molecule has 0 aromatic carbocycles. The number of carbonyl (C=O) groups excluding carboxylic acids is 1. The van der Waals surface area contributed by atoms with E-state index < -0.39 is 18.0 Å². The van der Waals surface area contributed by atoms with Gasteiger partial charge >= 0.3 is 0 Å². The summed E-state index contributed by atoms with van der Waals surface area (Å²) >= 11 is 0. The topological polar surface area (TPSA) is 101 Å². The lowest BCUT2D eigenvalue weighted by molar-refractivity contribution is 0.0657. The Kier molecular flexibility index (Phi) is 6.03. The number of nitrogens with zero attached hydrogens (tertiary/aromatic N) is 5. The molecule has 0 atom stereocenters. The molecule has 0 spiro atoms. The van der Waals surface area contributed by atoms with E-state index in [1.165, 1.54) is 30.0 Å². The van der Waals surface area contributed by atoms with Crippen molar-refractivity contribution in [2.75, 3.05) is 30.3 Å². The molecule has 0 bridgehead atoms. The van der Waals surface area contributed by atoms with Crippen LogP contribution in [0, 0.1) is 5.92 Å². The number of pyridine rings is 1. The van der Waals surface area contributed by atoms with Crippen LogP contribution < -0.4 is 10.6 Å². The van der Waals surface area contributed by atoms with E-state index in [4.69, 9.17) is 4.42 Å². The summed E-state index contributed by atoms with van der Waals surface area (Å²) in [6.07, 6.45) is 3.95. The van der Waals surface area contributed by atoms with Crippen molar-refractivity contribution < 1.29 is 19.4 Å². The standard InChI is InChI=1S/C23H27F2N7O2.H2/c1-13(2)31-9-16(10-31)32-11-17(20(30-32)21(24)25)28-22(33)18-12-34-23(29-18)15-5-6-26-19(7-15)27-8-14-3-4-14;/h5-7,11-14,16,21H,3-4,8-10H2,1-2H3,(H,26,27)(H,28,33);1H. The quantitative estimate of drug-likeness (QED) is 0.473. The number of oxazole rings is 1. The summed E-state index contributed by atoms with van der Waals surface area (Å²) in [5.41, 5.74) is 0.165. The first kappa shape index (κ1) is 22.5. The Bertz CT molecular complexity index is 1170. The van der Waals surface area contributed by atoms with E-state index in [0.717, 1.165) is 19.6 Å². The predicted molar refractivity (Wildman–Crippen MR) is 124 cm³/mol. The highest BCUT2D eigenvalue weighted by Gasteiger charge is 2.32. The number of nitrogens with one attached hydrogen (secondary N) is 2. The van der Waals surface area contributed by atoms with Gasteiger partial charge < -0.3 is 15.1 Å². The van der Waals surface area contributed by atoms with Crippen LogP contribution in [0.1, 0.15) is 56.8 Å². The molecule has 2 fully saturated rings. The van der Waals surface area contributed by atoms with Gasteiger partial charge in [-0.05, 0) is 44.7 Å². The zero-order valence-corrected chi connectivity index (χ0v) is 19.0. The lowest BCUT2D eigenvalue weighted by atomic mass is 10.1. The van der Waals surface area contributed by atoms with Crippen molar-refractivity contribution in [1.29, 1.82) is 0 Å². The fourth-order valence-corrected chi connectivity index (χ4v) is 3.86. The van der Waals surface area contributed by atoms with Gasteiger partial charge in [0.25, 0.3) is 12.3 Å². The molecule has 182 valence electrons. The molecule has 2 N–H and O–H groups in total. The second-order valence-electron chi connectivity index (χ2n) is 9.16. The molecule has 9 nitrogen and oxygen atoms in total. The molecule has 1 aliphatic heterocycles.